The molecule has 0 radical (unpaired) electrons. The van der Waals surface area contributed by atoms with Crippen molar-refractivity contribution in [1.29, 1.82) is 0 Å². The number of carboxylic acids is 2. The Kier molecular flexibility index (Phi) is 4.39. The van der Waals surface area contributed by atoms with E-state index in [4.69, 9.17) is 14.9 Å². The summed E-state index contributed by atoms with van der Waals surface area (Å²) in [7, 11) is 0. The third-order valence-corrected chi connectivity index (χ3v) is 2.80. The molecule has 1 unspecified atom stereocenters. The Hall–Kier alpha value is -1.79. The van der Waals surface area contributed by atoms with Crippen LogP contribution in [0.4, 0.5) is 4.79 Å². The molecule has 1 saturated heterocycles. The smallest absolute Gasteiger partial charge is 0.410 e. The van der Waals surface area contributed by atoms with Gasteiger partial charge in [0, 0.05) is 13.1 Å². The molecule has 1 rings (SSSR count). The van der Waals surface area contributed by atoms with Gasteiger partial charge in [-0.15, -0.1) is 0 Å². The molecule has 1 fully saturated rings. The predicted octanol–water partition coefficient (Wildman–Crippen LogP) is 1.03. The Balaban J connectivity index is 2.79. The first kappa shape index (κ1) is 15.3. The molecule has 0 bridgehead atoms. The maximum atomic E-state index is 11.9. The van der Waals surface area contributed by atoms with Crippen molar-refractivity contribution in [3.63, 3.8) is 0 Å². The highest BCUT2D eigenvalue weighted by molar-refractivity contribution is 5.77. The molecule has 0 aliphatic carbocycles. The molecule has 2 N–H and O–H groups in total. The summed E-state index contributed by atoms with van der Waals surface area (Å²) in [5.74, 6) is -3.94. The first-order valence-electron chi connectivity index (χ1n) is 6.03. The number of likely N-dealkylation sites (tertiary alicyclic amines) is 1. The number of piperidine rings is 1. The summed E-state index contributed by atoms with van der Waals surface area (Å²) in [6.45, 7) is 5.04. The van der Waals surface area contributed by atoms with E-state index in [9.17, 15) is 14.4 Å². The van der Waals surface area contributed by atoms with Crippen molar-refractivity contribution in [2.75, 3.05) is 13.1 Å². The molecule has 108 valence electrons. The average Bonchev–Trinajstić information content (AvgIpc) is 2.25. The van der Waals surface area contributed by atoms with Gasteiger partial charge in [0.15, 0.2) is 0 Å². The monoisotopic (exact) mass is 273 g/mol. The molecule has 7 heteroatoms. The molecule has 0 aromatic carbocycles. The fourth-order valence-corrected chi connectivity index (χ4v) is 1.93. The average molecular weight is 273 g/mol. The second-order valence-corrected chi connectivity index (χ2v) is 5.69. The Morgan fingerprint density at radius 2 is 1.47 bits per heavy atom. The standard InChI is InChI=1S/C12H19NO6/c1-12(2,3)19-11(18)13-5-7(9(14)15)4-8(6-13)10(16)17/h7-8H,4-6H2,1-3H3,(H,14,15)(H,16,17)/t7-,8?/m0/s1. The van der Waals surface area contributed by atoms with Crippen molar-refractivity contribution in [2.45, 2.75) is 32.8 Å². The van der Waals surface area contributed by atoms with E-state index in [2.05, 4.69) is 0 Å². The van der Waals surface area contributed by atoms with E-state index in [1.54, 1.807) is 20.8 Å². The van der Waals surface area contributed by atoms with Crippen LogP contribution in [0.5, 0.6) is 0 Å². The third-order valence-electron chi connectivity index (χ3n) is 2.80. The molecule has 1 aliphatic heterocycles. The van der Waals surface area contributed by atoms with Crippen LogP contribution >= 0.6 is 0 Å². The van der Waals surface area contributed by atoms with Crippen LogP contribution in [0.1, 0.15) is 27.2 Å². The number of ether oxygens (including phenoxy) is 1. The highest BCUT2D eigenvalue weighted by Gasteiger charge is 2.38. The summed E-state index contributed by atoms with van der Waals surface area (Å²) in [5, 5.41) is 18.0. The van der Waals surface area contributed by atoms with Gasteiger partial charge >= 0.3 is 18.0 Å². The van der Waals surface area contributed by atoms with E-state index in [0.717, 1.165) is 4.90 Å². The van der Waals surface area contributed by atoms with Crippen LogP contribution in [-0.2, 0) is 14.3 Å². The number of nitrogens with zero attached hydrogens (tertiary/aromatic N) is 1. The van der Waals surface area contributed by atoms with Crippen molar-refractivity contribution >= 4 is 18.0 Å². The van der Waals surface area contributed by atoms with E-state index in [-0.39, 0.29) is 19.5 Å². The van der Waals surface area contributed by atoms with Gasteiger partial charge in [-0.05, 0) is 27.2 Å². The highest BCUT2D eigenvalue weighted by atomic mass is 16.6. The number of hydrogen-bond acceptors (Lipinski definition) is 4. The fraction of sp³-hybridized carbons (Fsp3) is 0.750. The zero-order chi connectivity index (χ0) is 14.8. The molecule has 7 nitrogen and oxygen atoms in total. The maximum Gasteiger partial charge on any atom is 0.410 e. The zero-order valence-corrected chi connectivity index (χ0v) is 11.3. The lowest BCUT2D eigenvalue weighted by molar-refractivity contribution is -0.149. The minimum Gasteiger partial charge on any atom is -0.481 e. The number of aliphatic carboxylic acids is 2. The van der Waals surface area contributed by atoms with Gasteiger partial charge in [-0.1, -0.05) is 0 Å². The zero-order valence-electron chi connectivity index (χ0n) is 11.3. The number of carbonyl (C=O) groups excluding carboxylic acids is 1. The van der Waals surface area contributed by atoms with Crippen molar-refractivity contribution in [3.05, 3.63) is 0 Å². The van der Waals surface area contributed by atoms with Crippen LogP contribution in [0, 0.1) is 11.8 Å². The van der Waals surface area contributed by atoms with Gasteiger partial charge in [0.05, 0.1) is 11.8 Å². The van der Waals surface area contributed by atoms with Crippen molar-refractivity contribution in [1.82, 2.24) is 4.90 Å². The van der Waals surface area contributed by atoms with Crippen LogP contribution in [-0.4, -0.2) is 51.8 Å². The molecule has 2 atom stereocenters. The van der Waals surface area contributed by atoms with Crippen LogP contribution < -0.4 is 0 Å². The lowest BCUT2D eigenvalue weighted by Crippen LogP contribution is -2.49. The number of hydrogen-bond donors (Lipinski definition) is 2. The Bertz CT molecular complexity index is 364. The molecular weight excluding hydrogens is 254 g/mol. The Labute approximate surface area is 111 Å². The minimum absolute atomic E-state index is 0.0198. The van der Waals surface area contributed by atoms with Gasteiger partial charge in [-0.3, -0.25) is 9.59 Å². The molecular formula is C12H19NO6. The van der Waals surface area contributed by atoms with E-state index in [1.807, 2.05) is 0 Å². The van der Waals surface area contributed by atoms with Crippen LogP contribution in [0.15, 0.2) is 0 Å². The Morgan fingerprint density at radius 1 is 1.05 bits per heavy atom. The molecule has 1 amide bonds. The van der Waals surface area contributed by atoms with Gasteiger partial charge in [0.25, 0.3) is 0 Å². The minimum atomic E-state index is -1.10. The van der Waals surface area contributed by atoms with Crippen LogP contribution in [0.2, 0.25) is 0 Å². The van der Waals surface area contributed by atoms with Gasteiger partial charge < -0.3 is 19.8 Å². The highest BCUT2D eigenvalue weighted by Crippen LogP contribution is 2.24. The molecule has 0 aromatic rings. The first-order chi connectivity index (χ1) is 8.60. The number of carbonyl (C=O) groups is 3. The molecule has 1 heterocycles. The number of amides is 1. The van der Waals surface area contributed by atoms with E-state index >= 15 is 0 Å². The lowest BCUT2D eigenvalue weighted by Gasteiger charge is -2.35. The Morgan fingerprint density at radius 3 is 1.79 bits per heavy atom. The summed E-state index contributed by atoms with van der Waals surface area (Å²) < 4.78 is 5.13. The van der Waals surface area contributed by atoms with E-state index in [0.29, 0.717) is 0 Å². The summed E-state index contributed by atoms with van der Waals surface area (Å²) in [5.41, 5.74) is -0.702. The summed E-state index contributed by atoms with van der Waals surface area (Å²) in [6, 6.07) is 0. The third kappa shape index (κ3) is 4.42. The SMILES string of the molecule is CC(C)(C)OC(=O)N1CC(C(=O)O)C[C@H](C(=O)O)C1. The summed E-state index contributed by atoms with van der Waals surface area (Å²) >= 11 is 0. The van der Waals surface area contributed by atoms with Crippen LogP contribution in [0.3, 0.4) is 0 Å². The van der Waals surface area contributed by atoms with Crippen LogP contribution in [0.25, 0.3) is 0 Å². The van der Waals surface area contributed by atoms with Crippen molar-refractivity contribution in [3.8, 4) is 0 Å². The molecule has 1 aliphatic rings. The summed E-state index contributed by atoms with van der Waals surface area (Å²) in [6.07, 6.45) is -0.644. The molecule has 0 spiro atoms. The molecule has 19 heavy (non-hydrogen) atoms. The quantitative estimate of drug-likeness (QED) is 0.778. The normalized spacial score (nSPS) is 23.8. The predicted molar refractivity (Wildman–Crippen MR) is 64.7 cm³/mol. The largest absolute Gasteiger partial charge is 0.481 e. The maximum absolute atomic E-state index is 11.9. The molecule has 0 saturated carbocycles. The van der Waals surface area contributed by atoms with Gasteiger partial charge in [0.1, 0.15) is 5.60 Å². The van der Waals surface area contributed by atoms with Crippen molar-refractivity contribution in [2.24, 2.45) is 11.8 Å². The summed E-state index contributed by atoms with van der Waals surface area (Å²) in [4.78, 5) is 35.0. The van der Waals surface area contributed by atoms with Gasteiger partial charge in [0.2, 0.25) is 0 Å². The van der Waals surface area contributed by atoms with Crippen molar-refractivity contribution < 1.29 is 29.3 Å². The fourth-order valence-electron chi connectivity index (χ4n) is 1.93. The van der Waals surface area contributed by atoms with E-state index in [1.165, 1.54) is 0 Å². The van der Waals surface area contributed by atoms with Gasteiger partial charge in [-0.25, -0.2) is 4.79 Å². The topological polar surface area (TPSA) is 104 Å². The second-order valence-electron chi connectivity index (χ2n) is 5.69. The molecule has 0 aromatic heterocycles. The van der Waals surface area contributed by atoms with E-state index < -0.39 is 35.5 Å². The number of carboxylic acid groups (broad SMARTS) is 2. The number of rotatable bonds is 2. The lowest BCUT2D eigenvalue weighted by atomic mass is 9.89. The van der Waals surface area contributed by atoms with Gasteiger partial charge in [-0.2, -0.15) is 0 Å². The first-order valence-corrected chi connectivity index (χ1v) is 6.03. The second kappa shape index (κ2) is 5.46.